The molecular weight excluding hydrogens is 280 g/mol. The summed E-state index contributed by atoms with van der Waals surface area (Å²) in [5.74, 6) is 0.701. The van der Waals surface area contributed by atoms with Gasteiger partial charge in [0.2, 0.25) is 0 Å². The molecule has 20 heavy (non-hydrogen) atoms. The molecule has 0 amide bonds. The van der Waals surface area contributed by atoms with Crippen molar-refractivity contribution < 1.29 is 8.42 Å². The van der Waals surface area contributed by atoms with Crippen molar-refractivity contribution >= 4 is 21.5 Å². The molecule has 0 aliphatic heterocycles. The van der Waals surface area contributed by atoms with Crippen LogP contribution in [0.25, 0.3) is 5.82 Å². The van der Waals surface area contributed by atoms with Crippen molar-refractivity contribution in [3.63, 3.8) is 0 Å². The van der Waals surface area contributed by atoms with Gasteiger partial charge < -0.3 is 10.6 Å². The van der Waals surface area contributed by atoms with E-state index in [-0.39, 0.29) is 10.7 Å². The first kappa shape index (κ1) is 14.3. The van der Waals surface area contributed by atoms with Gasteiger partial charge in [0.05, 0.1) is 6.20 Å². The molecule has 2 aromatic rings. The average Bonchev–Trinajstić information content (AvgIpc) is 2.76. The van der Waals surface area contributed by atoms with Crippen molar-refractivity contribution in [3.05, 3.63) is 18.6 Å². The summed E-state index contributed by atoms with van der Waals surface area (Å²) in [7, 11) is -1.76. The van der Waals surface area contributed by atoms with E-state index < -0.39 is 9.84 Å². The summed E-state index contributed by atoms with van der Waals surface area (Å²) in [6.07, 6.45) is 5.57. The lowest BCUT2D eigenvalue weighted by atomic mass is 10.5. The highest BCUT2D eigenvalue weighted by atomic mass is 32.2. The normalized spacial score (nSPS) is 11.6. The number of aromatic nitrogens is 4. The van der Waals surface area contributed by atoms with E-state index in [1.54, 1.807) is 11.9 Å². The lowest BCUT2D eigenvalue weighted by Crippen LogP contribution is -2.19. The van der Waals surface area contributed by atoms with Crippen LogP contribution in [0.4, 0.5) is 11.6 Å². The molecule has 108 valence electrons. The van der Waals surface area contributed by atoms with Crippen LogP contribution in [0.2, 0.25) is 0 Å². The van der Waals surface area contributed by atoms with E-state index in [0.717, 1.165) is 6.26 Å². The van der Waals surface area contributed by atoms with E-state index in [9.17, 15) is 8.42 Å². The standard InChI is InChI=1S/C11H16N6O2S/c1-4-16(2)11-9(20(3,18)19)10(12)17(15-11)8-7-13-5-6-14-8/h5-7H,4,12H2,1-3H3. The molecule has 0 saturated heterocycles. The smallest absolute Gasteiger partial charge is 0.182 e. The maximum absolute atomic E-state index is 11.9. The van der Waals surface area contributed by atoms with Gasteiger partial charge in [-0.05, 0) is 6.92 Å². The number of sulfone groups is 1. The Balaban J connectivity index is 2.72. The lowest BCUT2D eigenvalue weighted by Gasteiger charge is -2.14. The largest absolute Gasteiger partial charge is 0.382 e. The van der Waals surface area contributed by atoms with Crippen LogP contribution >= 0.6 is 0 Å². The van der Waals surface area contributed by atoms with Crippen molar-refractivity contribution in [1.82, 2.24) is 19.7 Å². The van der Waals surface area contributed by atoms with Crippen molar-refractivity contribution in [2.45, 2.75) is 11.8 Å². The maximum Gasteiger partial charge on any atom is 0.182 e. The first-order chi connectivity index (χ1) is 9.36. The summed E-state index contributed by atoms with van der Waals surface area (Å²) in [5.41, 5.74) is 5.94. The molecule has 0 saturated carbocycles. The molecule has 0 radical (unpaired) electrons. The lowest BCUT2D eigenvalue weighted by molar-refractivity contribution is 0.602. The molecule has 0 aromatic carbocycles. The number of rotatable bonds is 4. The fourth-order valence-electron chi connectivity index (χ4n) is 1.74. The van der Waals surface area contributed by atoms with Crippen molar-refractivity contribution in [1.29, 1.82) is 0 Å². The highest BCUT2D eigenvalue weighted by Gasteiger charge is 2.26. The van der Waals surface area contributed by atoms with Gasteiger partial charge in [-0.25, -0.2) is 13.4 Å². The Morgan fingerprint density at radius 3 is 2.60 bits per heavy atom. The number of anilines is 2. The second-order valence-corrected chi connectivity index (χ2v) is 6.25. The van der Waals surface area contributed by atoms with Gasteiger partial charge in [0, 0.05) is 32.2 Å². The molecule has 0 atom stereocenters. The van der Waals surface area contributed by atoms with Crippen LogP contribution in [0.5, 0.6) is 0 Å². The fourth-order valence-corrected chi connectivity index (χ4v) is 2.73. The van der Waals surface area contributed by atoms with Crippen LogP contribution in [0.1, 0.15) is 6.92 Å². The minimum absolute atomic E-state index is 0.00695. The summed E-state index contributed by atoms with van der Waals surface area (Å²) in [6.45, 7) is 2.49. The second-order valence-electron chi connectivity index (χ2n) is 4.30. The third-order valence-corrected chi connectivity index (χ3v) is 3.97. The number of nitrogens with two attached hydrogens (primary N) is 1. The molecule has 0 bridgehead atoms. The highest BCUT2D eigenvalue weighted by Crippen LogP contribution is 2.30. The van der Waals surface area contributed by atoms with Gasteiger partial charge in [0.1, 0.15) is 5.82 Å². The molecule has 2 heterocycles. The van der Waals surface area contributed by atoms with Gasteiger partial charge >= 0.3 is 0 Å². The average molecular weight is 296 g/mol. The second kappa shape index (κ2) is 5.08. The Morgan fingerprint density at radius 1 is 1.40 bits per heavy atom. The first-order valence-electron chi connectivity index (χ1n) is 5.92. The van der Waals surface area contributed by atoms with E-state index in [0.29, 0.717) is 18.2 Å². The monoisotopic (exact) mass is 296 g/mol. The Kier molecular flexibility index (Phi) is 3.62. The fraction of sp³-hybridized carbons (Fsp3) is 0.364. The Hall–Kier alpha value is -2.16. The van der Waals surface area contributed by atoms with Crippen LogP contribution in [0.15, 0.2) is 23.5 Å². The molecule has 0 aliphatic rings. The Morgan fingerprint density at radius 2 is 2.10 bits per heavy atom. The maximum atomic E-state index is 11.9. The summed E-state index contributed by atoms with van der Waals surface area (Å²) >= 11 is 0. The van der Waals surface area contributed by atoms with Gasteiger partial charge in [-0.3, -0.25) is 4.98 Å². The van der Waals surface area contributed by atoms with Gasteiger partial charge in [-0.15, -0.1) is 5.10 Å². The summed E-state index contributed by atoms with van der Waals surface area (Å²) in [4.78, 5) is 9.72. The molecule has 2 N–H and O–H groups in total. The summed E-state index contributed by atoms with van der Waals surface area (Å²) in [6, 6.07) is 0. The predicted octanol–water partition coefficient (Wildman–Crippen LogP) is 0.104. The minimum Gasteiger partial charge on any atom is -0.382 e. The minimum atomic E-state index is -3.50. The van der Waals surface area contributed by atoms with Gasteiger partial charge in [-0.1, -0.05) is 0 Å². The first-order valence-corrected chi connectivity index (χ1v) is 7.81. The molecule has 0 aliphatic carbocycles. The van der Waals surface area contributed by atoms with E-state index in [4.69, 9.17) is 5.73 Å². The number of hydrogen-bond acceptors (Lipinski definition) is 7. The van der Waals surface area contributed by atoms with E-state index in [2.05, 4.69) is 15.1 Å². The zero-order chi connectivity index (χ0) is 14.9. The third kappa shape index (κ3) is 2.44. The number of hydrogen-bond donors (Lipinski definition) is 1. The zero-order valence-electron chi connectivity index (χ0n) is 11.5. The SMILES string of the molecule is CCN(C)c1nn(-c2cnccn2)c(N)c1S(C)(=O)=O. The molecule has 8 nitrogen and oxygen atoms in total. The number of nitrogens with zero attached hydrogens (tertiary/aromatic N) is 5. The quantitative estimate of drug-likeness (QED) is 0.852. The van der Waals surface area contributed by atoms with Gasteiger partial charge in [-0.2, -0.15) is 4.68 Å². The topological polar surface area (TPSA) is 107 Å². The van der Waals surface area contributed by atoms with Crippen LogP contribution in [0, 0.1) is 0 Å². The predicted molar refractivity (Wildman–Crippen MR) is 75.6 cm³/mol. The zero-order valence-corrected chi connectivity index (χ0v) is 12.3. The molecular formula is C11H16N6O2S. The van der Waals surface area contributed by atoms with E-state index in [1.807, 2.05) is 6.92 Å². The summed E-state index contributed by atoms with van der Waals surface area (Å²) in [5, 5.41) is 4.25. The molecule has 0 fully saturated rings. The molecule has 0 spiro atoms. The van der Waals surface area contributed by atoms with Crippen LogP contribution < -0.4 is 10.6 Å². The Labute approximate surface area is 117 Å². The third-order valence-electron chi connectivity index (χ3n) is 2.83. The van der Waals surface area contributed by atoms with Crippen LogP contribution in [-0.4, -0.2) is 48.0 Å². The molecule has 0 unspecified atom stereocenters. The van der Waals surface area contributed by atoms with Crippen LogP contribution in [-0.2, 0) is 9.84 Å². The van der Waals surface area contributed by atoms with Crippen molar-refractivity contribution in [3.8, 4) is 5.82 Å². The summed E-state index contributed by atoms with van der Waals surface area (Å²) < 4.78 is 25.2. The van der Waals surface area contributed by atoms with Crippen molar-refractivity contribution in [2.24, 2.45) is 0 Å². The molecule has 2 rings (SSSR count). The number of nitrogen functional groups attached to an aromatic ring is 1. The molecule has 2 aromatic heterocycles. The van der Waals surface area contributed by atoms with E-state index in [1.165, 1.54) is 23.3 Å². The van der Waals surface area contributed by atoms with Crippen LogP contribution in [0.3, 0.4) is 0 Å². The molecule has 9 heteroatoms. The van der Waals surface area contributed by atoms with Gasteiger partial charge in [0.15, 0.2) is 26.4 Å². The Bertz CT molecular complexity index is 710. The van der Waals surface area contributed by atoms with Gasteiger partial charge in [0.25, 0.3) is 0 Å². The highest BCUT2D eigenvalue weighted by molar-refractivity contribution is 7.91. The van der Waals surface area contributed by atoms with Crippen molar-refractivity contribution in [2.75, 3.05) is 30.5 Å². The van der Waals surface area contributed by atoms with E-state index >= 15 is 0 Å².